The number of hydrogen-bond acceptors (Lipinski definition) is 4. The summed E-state index contributed by atoms with van der Waals surface area (Å²) in [6.45, 7) is 0. The average Bonchev–Trinajstić information content (AvgIpc) is 3.35. The largest absolute Gasteiger partial charge is 1.00 e. The van der Waals surface area contributed by atoms with Crippen LogP contribution >= 0.6 is 45.3 Å². The molecule has 0 fully saturated rings. The molecule has 0 radical (unpaired) electrons. The van der Waals surface area contributed by atoms with Gasteiger partial charge < -0.3 is 0 Å². The minimum atomic E-state index is 0. The fourth-order valence-electron chi connectivity index (χ4n) is 2.24. The van der Waals surface area contributed by atoms with Crippen LogP contribution in [0.3, 0.4) is 0 Å². The summed E-state index contributed by atoms with van der Waals surface area (Å²) in [6, 6.07) is 16.5. The molecule has 0 amide bonds. The van der Waals surface area contributed by atoms with Crippen molar-refractivity contribution < 1.29 is 75.4 Å². The molecular formula is C18H8Li4S4. The molecule has 4 rings (SSSR count). The molecule has 0 nitrogen and oxygen atoms in total. The second kappa shape index (κ2) is 13.2. The SMILES string of the molecule is [Li+].[Li+].[Li+].[Li+].[c-]1ccc(C(=C(c2cc[c-]s2)c2cc[c-]s2)c2cc[c-]s2)s1. The van der Waals surface area contributed by atoms with E-state index < -0.39 is 0 Å². The first-order valence-electron chi connectivity index (χ1n) is 6.53. The van der Waals surface area contributed by atoms with Crippen LogP contribution < -0.4 is 75.4 Å². The maximum atomic E-state index is 3.21. The normalized spacial score (nSPS) is 9.08. The molecule has 108 valence electrons. The Morgan fingerprint density at radius 2 is 0.692 bits per heavy atom. The van der Waals surface area contributed by atoms with Gasteiger partial charge in [-0.25, -0.2) is 0 Å². The van der Waals surface area contributed by atoms with Crippen molar-refractivity contribution >= 4 is 56.5 Å². The van der Waals surface area contributed by atoms with Crippen LogP contribution in [-0.4, -0.2) is 0 Å². The first-order valence-corrected chi connectivity index (χ1v) is 9.79. The van der Waals surface area contributed by atoms with Gasteiger partial charge in [0.15, 0.2) is 0 Å². The summed E-state index contributed by atoms with van der Waals surface area (Å²) < 4.78 is 0. The number of rotatable bonds is 4. The average molecular weight is 380 g/mol. The van der Waals surface area contributed by atoms with Gasteiger partial charge >= 0.3 is 75.4 Å². The first-order chi connectivity index (χ1) is 10.9. The molecule has 0 saturated heterocycles. The van der Waals surface area contributed by atoms with Crippen molar-refractivity contribution in [1.29, 1.82) is 0 Å². The summed E-state index contributed by atoms with van der Waals surface area (Å²) in [5, 5.41) is 12.8. The third-order valence-corrected chi connectivity index (χ3v) is 6.38. The van der Waals surface area contributed by atoms with Gasteiger partial charge in [0.25, 0.3) is 0 Å². The molecule has 0 saturated carbocycles. The minimum Gasteiger partial charge on any atom is -0.297 e. The smallest absolute Gasteiger partial charge is 0.297 e. The summed E-state index contributed by atoms with van der Waals surface area (Å²) in [7, 11) is 0. The van der Waals surface area contributed by atoms with Gasteiger partial charge in [0.2, 0.25) is 0 Å². The fourth-order valence-corrected chi connectivity index (χ4v) is 5.22. The molecule has 0 atom stereocenters. The molecule has 4 aromatic rings. The van der Waals surface area contributed by atoms with Gasteiger partial charge in [-0.05, 0) is 0 Å². The van der Waals surface area contributed by atoms with Gasteiger partial charge in [-0.2, -0.15) is 48.5 Å². The molecule has 0 spiro atoms. The molecule has 0 aliphatic carbocycles. The third kappa shape index (κ3) is 5.96. The Bertz CT molecular complexity index is 715. The van der Waals surface area contributed by atoms with Crippen molar-refractivity contribution in [2.45, 2.75) is 0 Å². The van der Waals surface area contributed by atoms with Crippen LogP contribution in [-0.2, 0) is 0 Å². The Balaban J connectivity index is 0.00000156. The van der Waals surface area contributed by atoms with Gasteiger partial charge in [0, 0.05) is 0 Å². The molecule has 0 aliphatic heterocycles. The quantitative estimate of drug-likeness (QED) is 0.245. The van der Waals surface area contributed by atoms with E-state index in [-0.39, 0.29) is 75.4 Å². The molecule has 8 heteroatoms. The Kier molecular flexibility index (Phi) is 13.7. The van der Waals surface area contributed by atoms with Crippen molar-refractivity contribution in [2.24, 2.45) is 0 Å². The van der Waals surface area contributed by atoms with E-state index in [1.54, 1.807) is 45.3 Å². The molecule has 0 unspecified atom stereocenters. The monoisotopic (exact) mass is 380 g/mol. The van der Waals surface area contributed by atoms with E-state index in [2.05, 4.69) is 45.8 Å². The van der Waals surface area contributed by atoms with Gasteiger partial charge in [-0.1, -0.05) is 0 Å². The van der Waals surface area contributed by atoms with Crippen molar-refractivity contribution in [3.63, 3.8) is 0 Å². The Morgan fingerprint density at radius 3 is 0.846 bits per heavy atom. The summed E-state index contributed by atoms with van der Waals surface area (Å²) in [4.78, 5) is 4.92. The van der Waals surface area contributed by atoms with Gasteiger partial charge in [-0.15, -0.1) is 52.2 Å². The molecule has 0 aliphatic rings. The van der Waals surface area contributed by atoms with Crippen molar-refractivity contribution in [2.75, 3.05) is 0 Å². The van der Waals surface area contributed by atoms with Gasteiger partial charge in [0.05, 0.1) is 0 Å². The summed E-state index contributed by atoms with van der Waals surface area (Å²) in [6.07, 6.45) is 0. The van der Waals surface area contributed by atoms with Crippen LogP contribution in [0.2, 0.25) is 0 Å². The van der Waals surface area contributed by atoms with Crippen molar-refractivity contribution in [1.82, 2.24) is 0 Å². The van der Waals surface area contributed by atoms with Gasteiger partial charge in [-0.3, -0.25) is 45.3 Å². The second-order valence-electron chi connectivity index (χ2n) is 4.42. The van der Waals surface area contributed by atoms with Gasteiger partial charge in [0.1, 0.15) is 0 Å². The van der Waals surface area contributed by atoms with Crippen molar-refractivity contribution in [3.05, 3.63) is 89.6 Å². The van der Waals surface area contributed by atoms with E-state index in [0.29, 0.717) is 0 Å². The van der Waals surface area contributed by atoms with Crippen LogP contribution in [0.25, 0.3) is 11.1 Å². The summed E-state index contributed by atoms with van der Waals surface area (Å²) in [5.41, 5.74) is 2.51. The Morgan fingerprint density at radius 1 is 0.462 bits per heavy atom. The number of hydrogen-bond donors (Lipinski definition) is 0. The molecule has 26 heavy (non-hydrogen) atoms. The third-order valence-electron chi connectivity index (χ3n) is 3.12. The summed E-state index contributed by atoms with van der Waals surface area (Å²) in [5.74, 6) is 0. The van der Waals surface area contributed by atoms with E-state index in [4.69, 9.17) is 0 Å². The Hall–Kier alpha value is 0.930. The van der Waals surface area contributed by atoms with Crippen LogP contribution in [0.1, 0.15) is 19.5 Å². The van der Waals surface area contributed by atoms with E-state index in [9.17, 15) is 0 Å². The topological polar surface area (TPSA) is 0 Å². The second-order valence-corrected chi connectivity index (χ2v) is 7.94. The zero-order chi connectivity index (χ0) is 14.8. The molecule has 0 bridgehead atoms. The molecular weight excluding hydrogens is 372 g/mol. The maximum absolute atomic E-state index is 3.21. The van der Waals surface area contributed by atoms with E-state index in [0.717, 1.165) is 0 Å². The number of thiophene rings is 4. The summed E-state index contributed by atoms with van der Waals surface area (Å²) >= 11 is 6.60. The van der Waals surface area contributed by atoms with Crippen LogP contribution in [0, 0.1) is 21.5 Å². The standard InChI is InChI=1S/C18H8S4.4Li/c1-5-13(19-9-1)17(14-6-2-10-20-14)18(15-7-3-11-21-15)16-8-4-12-22-16;;;;/h1-8H;;;;/q-4;4*+1. The van der Waals surface area contributed by atoms with E-state index >= 15 is 0 Å². The molecule has 0 N–H and O–H groups in total. The van der Waals surface area contributed by atoms with E-state index in [1.807, 2.05) is 24.3 Å². The predicted octanol–water partition coefficient (Wildman–Crippen LogP) is -5.84. The zero-order valence-electron chi connectivity index (χ0n) is 15.3. The Labute approximate surface area is 218 Å². The van der Waals surface area contributed by atoms with Crippen molar-refractivity contribution in [3.8, 4) is 0 Å². The van der Waals surface area contributed by atoms with E-state index in [1.165, 1.54) is 30.7 Å². The molecule has 4 heterocycles. The van der Waals surface area contributed by atoms with Crippen LogP contribution in [0.15, 0.2) is 48.5 Å². The molecule has 0 aromatic carbocycles. The predicted molar refractivity (Wildman–Crippen MR) is 97.6 cm³/mol. The van der Waals surface area contributed by atoms with Crippen LogP contribution in [0.5, 0.6) is 0 Å². The molecule has 4 aromatic heterocycles. The minimum absolute atomic E-state index is 0. The first kappa shape index (κ1) is 26.9. The zero-order valence-corrected chi connectivity index (χ0v) is 18.5. The fraction of sp³-hybridized carbons (Fsp3) is 0. The van der Waals surface area contributed by atoms with Crippen LogP contribution in [0.4, 0.5) is 0 Å². The maximum Gasteiger partial charge on any atom is 1.00 e.